The van der Waals surface area contributed by atoms with Crippen LogP contribution in [0.2, 0.25) is 0 Å². The van der Waals surface area contributed by atoms with Gasteiger partial charge in [-0.05, 0) is 40.2 Å². The number of hydrogen-bond donors (Lipinski definition) is 1. The summed E-state index contributed by atoms with van der Waals surface area (Å²) in [7, 11) is 1.64. The Bertz CT molecular complexity index is 672. The number of carbonyl (C=O) groups excluding carboxylic acids is 1. The molecular weight excluding hydrogens is 292 g/mol. The van der Waals surface area contributed by atoms with E-state index in [4.69, 9.17) is 9.26 Å². The minimum Gasteiger partial charge on any atom is -0.496 e. The number of rotatable bonds is 6. The maximum absolute atomic E-state index is 12.2. The molecule has 0 fully saturated rings. The molecule has 124 valence electrons. The molecular formula is C18H24N2O3. The molecule has 1 N–H and O–H groups in total. The van der Waals surface area contributed by atoms with E-state index in [0.29, 0.717) is 12.8 Å². The molecule has 0 spiro atoms. The highest BCUT2D eigenvalue weighted by atomic mass is 16.5. The Labute approximate surface area is 137 Å². The summed E-state index contributed by atoms with van der Waals surface area (Å²) >= 11 is 0. The van der Waals surface area contributed by atoms with Crippen molar-refractivity contribution in [3.05, 3.63) is 46.3 Å². The van der Waals surface area contributed by atoms with Crippen molar-refractivity contribution in [2.75, 3.05) is 7.11 Å². The second kappa shape index (κ2) is 7.31. The van der Waals surface area contributed by atoms with E-state index in [1.807, 2.05) is 45.9 Å². The number of hydrogen-bond acceptors (Lipinski definition) is 4. The molecule has 1 aromatic heterocycles. The van der Waals surface area contributed by atoms with Crippen LogP contribution in [-0.2, 0) is 11.2 Å². The normalized spacial score (nSPS) is 12.0. The molecule has 0 bridgehead atoms. The lowest BCUT2D eigenvalue weighted by atomic mass is 10.0. The number of aromatic nitrogens is 1. The minimum absolute atomic E-state index is 0.000981. The predicted octanol–water partition coefficient (Wildman–Crippen LogP) is 3.42. The Morgan fingerprint density at radius 1 is 1.35 bits per heavy atom. The molecule has 1 atom stereocenters. The molecule has 5 nitrogen and oxygen atoms in total. The van der Waals surface area contributed by atoms with Gasteiger partial charge < -0.3 is 14.6 Å². The van der Waals surface area contributed by atoms with Gasteiger partial charge in [0.25, 0.3) is 0 Å². The van der Waals surface area contributed by atoms with Crippen LogP contribution < -0.4 is 10.1 Å². The van der Waals surface area contributed by atoms with Crippen LogP contribution in [-0.4, -0.2) is 18.2 Å². The van der Waals surface area contributed by atoms with Crippen molar-refractivity contribution in [1.29, 1.82) is 0 Å². The summed E-state index contributed by atoms with van der Waals surface area (Å²) in [6, 6.07) is 5.85. The summed E-state index contributed by atoms with van der Waals surface area (Å²) in [4.78, 5) is 12.2. The first-order valence-electron chi connectivity index (χ1n) is 7.78. The summed E-state index contributed by atoms with van der Waals surface area (Å²) < 4.78 is 10.5. The van der Waals surface area contributed by atoms with E-state index in [-0.39, 0.29) is 11.9 Å². The van der Waals surface area contributed by atoms with E-state index in [0.717, 1.165) is 33.9 Å². The van der Waals surface area contributed by atoms with Gasteiger partial charge in [0.2, 0.25) is 5.91 Å². The first-order chi connectivity index (χ1) is 10.9. The smallest absolute Gasteiger partial charge is 0.220 e. The molecule has 1 unspecified atom stereocenters. The van der Waals surface area contributed by atoms with Gasteiger partial charge in [-0.15, -0.1) is 0 Å². The first kappa shape index (κ1) is 17.1. The van der Waals surface area contributed by atoms with E-state index >= 15 is 0 Å². The highest BCUT2D eigenvalue weighted by Crippen LogP contribution is 2.26. The Hall–Kier alpha value is -2.30. The average Bonchev–Trinajstić information content (AvgIpc) is 2.83. The number of methoxy groups -OCH3 is 1. The topological polar surface area (TPSA) is 64.4 Å². The fourth-order valence-electron chi connectivity index (χ4n) is 2.68. The number of aryl methyl sites for hydroxylation is 3. The van der Waals surface area contributed by atoms with Crippen LogP contribution in [0.25, 0.3) is 0 Å². The van der Waals surface area contributed by atoms with Gasteiger partial charge in [-0.3, -0.25) is 4.79 Å². The summed E-state index contributed by atoms with van der Waals surface area (Å²) in [5.41, 5.74) is 3.99. The third kappa shape index (κ3) is 4.12. The lowest BCUT2D eigenvalue weighted by molar-refractivity contribution is -0.121. The molecule has 2 aromatic rings. The molecule has 1 amide bonds. The Balaban J connectivity index is 1.99. The zero-order valence-electron chi connectivity index (χ0n) is 14.4. The lowest BCUT2D eigenvalue weighted by Crippen LogP contribution is -2.27. The van der Waals surface area contributed by atoms with Crippen molar-refractivity contribution >= 4 is 5.91 Å². The van der Waals surface area contributed by atoms with Gasteiger partial charge in [0, 0.05) is 17.5 Å². The Morgan fingerprint density at radius 2 is 2.09 bits per heavy atom. The lowest BCUT2D eigenvalue weighted by Gasteiger charge is -2.18. The highest BCUT2D eigenvalue weighted by Gasteiger charge is 2.16. The molecule has 0 radical (unpaired) electrons. The zero-order chi connectivity index (χ0) is 17.0. The van der Waals surface area contributed by atoms with E-state index in [2.05, 4.69) is 10.5 Å². The fraction of sp³-hybridized carbons (Fsp3) is 0.444. The fourth-order valence-corrected chi connectivity index (χ4v) is 2.68. The van der Waals surface area contributed by atoms with E-state index in [1.165, 1.54) is 0 Å². The molecule has 23 heavy (non-hydrogen) atoms. The number of benzene rings is 1. The predicted molar refractivity (Wildman–Crippen MR) is 88.6 cm³/mol. The van der Waals surface area contributed by atoms with Crippen molar-refractivity contribution < 1.29 is 14.1 Å². The van der Waals surface area contributed by atoms with Gasteiger partial charge >= 0.3 is 0 Å². The first-order valence-corrected chi connectivity index (χ1v) is 7.78. The second-order valence-corrected chi connectivity index (χ2v) is 5.84. The van der Waals surface area contributed by atoms with Crippen LogP contribution in [0, 0.1) is 20.8 Å². The molecule has 1 heterocycles. The third-order valence-electron chi connectivity index (χ3n) is 4.01. The van der Waals surface area contributed by atoms with Crippen LogP contribution in [0.3, 0.4) is 0 Å². The largest absolute Gasteiger partial charge is 0.496 e. The SMILES string of the molecule is COc1ccc(C)cc1C(C)NC(=O)CCc1c(C)noc1C. The van der Waals surface area contributed by atoms with Crippen LogP contribution in [0.15, 0.2) is 22.7 Å². The Morgan fingerprint density at radius 3 is 2.70 bits per heavy atom. The van der Waals surface area contributed by atoms with Crippen LogP contribution in [0.1, 0.15) is 47.5 Å². The van der Waals surface area contributed by atoms with Crippen molar-refractivity contribution in [2.45, 2.75) is 46.6 Å². The number of ether oxygens (including phenoxy) is 1. The maximum atomic E-state index is 12.2. The number of nitrogens with one attached hydrogen (secondary N) is 1. The van der Waals surface area contributed by atoms with Gasteiger partial charge in [0.05, 0.1) is 18.8 Å². The summed E-state index contributed by atoms with van der Waals surface area (Å²) in [5, 5.41) is 6.94. The highest BCUT2D eigenvalue weighted by molar-refractivity contribution is 5.76. The molecule has 0 aliphatic rings. The summed E-state index contributed by atoms with van der Waals surface area (Å²) in [5.74, 6) is 1.57. The number of amides is 1. The van der Waals surface area contributed by atoms with E-state index in [1.54, 1.807) is 7.11 Å². The van der Waals surface area contributed by atoms with Crippen molar-refractivity contribution in [1.82, 2.24) is 10.5 Å². The quantitative estimate of drug-likeness (QED) is 0.887. The summed E-state index contributed by atoms with van der Waals surface area (Å²) in [6.45, 7) is 7.75. The molecule has 0 aliphatic heterocycles. The molecule has 0 saturated carbocycles. The van der Waals surface area contributed by atoms with E-state index < -0.39 is 0 Å². The Kier molecular flexibility index (Phi) is 5.42. The molecule has 0 aliphatic carbocycles. The average molecular weight is 316 g/mol. The summed E-state index contributed by atoms with van der Waals surface area (Å²) in [6.07, 6.45) is 1.03. The minimum atomic E-state index is -0.109. The standard InChI is InChI=1S/C18H24N2O3/c1-11-6-8-17(22-5)16(10-11)12(2)19-18(21)9-7-15-13(3)20-23-14(15)4/h6,8,10,12H,7,9H2,1-5H3,(H,19,21). The van der Waals surface area contributed by atoms with Crippen molar-refractivity contribution in [2.24, 2.45) is 0 Å². The van der Waals surface area contributed by atoms with Gasteiger partial charge in [0.15, 0.2) is 0 Å². The molecule has 5 heteroatoms. The van der Waals surface area contributed by atoms with Gasteiger partial charge in [-0.1, -0.05) is 22.9 Å². The molecule has 0 saturated heterocycles. The second-order valence-electron chi connectivity index (χ2n) is 5.84. The van der Waals surface area contributed by atoms with Gasteiger partial charge in [-0.2, -0.15) is 0 Å². The molecule has 1 aromatic carbocycles. The zero-order valence-corrected chi connectivity index (χ0v) is 14.4. The van der Waals surface area contributed by atoms with Gasteiger partial charge in [0.1, 0.15) is 11.5 Å². The van der Waals surface area contributed by atoms with E-state index in [9.17, 15) is 4.79 Å². The van der Waals surface area contributed by atoms with Crippen molar-refractivity contribution in [3.63, 3.8) is 0 Å². The number of carbonyl (C=O) groups is 1. The molecule has 2 rings (SSSR count). The van der Waals surface area contributed by atoms with Crippen LogP contribution >= 0.6 is 0 Å². The third-order valence-corrected chi connectivity index (χ3v) is 4.01. The maximum Gasteiger partial charge on any atom is 0.220 e. The van der Waals surface area contributed by atoms with Crippen LogP contribution in [0.4, 0.5) is 0 Å². The van der Waals surface area contributed by atoms with Gasteiger partial charge in [-0.25, -0.2) is 0 Å². The van der Waals surface area contributed by atoms with Crippen molar-refractivity contribution in [3.8, 4) is 5.75 Å². The number of nitrogens with zero attached hydrogens (tertiary/aromatic N) is 1. The monoisotopic (exact) mass is 316 g/mol. The van der Waals surface area contributed by atoms with Crippen LogP contribution in [0.5, 0.6) is 5.75 Å².